The molecule has 0 saturated heterocycles. The highest BCUT2D eigenvalue weighted by Gasteiger charge is 2.37. The molecule has 0 spiro atoms. The molecular weight excluding hydrogens is 264 g/mol. The van der Waals surface area contributed by atoms with Crippen LogP contribution < -0.4 is 10.6 Å². The molecule has 0 aromatic heterocycles. The summed E-state index contributed by atoms with van der Waals surface area (Å²) >= 11 is 0. The molecule has 2 fully saturated rings. The minimum atomic E-state index is -0.417. The maximum Gasteiger partial charge on any atom is 0.407 e. The summed E-state index contributed by atoms with van der Waals surface area (Å²) in [4.78, 5) is 11.7. The maximum atomic E-state index is 11.7. The van der Waals surface area contributed by atoms with Crippen molar-refractivity contribution in [3.8, 4) is 0 Å². The summed E-state index contributed by atoms with van der Waals surface area (Å²) < 4.78 is 5.29. The van der Waals surface area contributed by atoms with E-state index in [1.807, 2.05) is 20.8 Å². The van der Waals surface area contributed by atoms with E-state index in [9.17, 15) is 4.79 Å². The van der Waals surface area contributed by atoms with Gasteiger partial charge < -0.3 is 15.4 Å². The fourth-order valence-corrected chi connectivity index (χ4v) is 3.71. The number of hydrogen-bond acceptors (Lipinski definition) is 3. The molecule has 0 bridgehead atoms. The van der Waals surface area contributed by atoms with E-state index < -0.39 is 5.60 Å². The van der Waals surface area contributed by atoms with Crippen LogP contribution in [0.25, 0.3) is 0 Å². The van der Waals surface area contributed by atoms with Gasteiger partial charge in [-0.25, -0.2) is 4.79 Å². The van der Waals surface area contributed by atoms with Crippen LogP contribution in [0.5, 0.6) is 0 Å². The molecule has 0 aromatic rings. The summed E-state index contributed by atoms with van der Waals surface area (Å²) in [6.45, 7) is 10.4. The van der Waals surface area contributed by atoms with Gasteiger partial charge in [0.1, 0.15) is 5.60 Å². The zero-order valence-electron chi connectivity index (χ0n) is 14.2. The molecule has 122 valence electrons. The average Bonchev–Trinajstić information content (AvgIpc) is 2.65. The van der Waals surface area contributed by atoms with Crippen LogP contribution in [-0.2, 0) is 4.74 Å². The summed E-state index contributed by atoms with van der Waals surface area (Å²) in [6.07, 6.45) is 5.74. The highest BCUT2D eigenvalue weighted by Crippen LogP contribution is 2.35. The third kappa shape index (κ3) is 4.60. The number of hydrogen-bond donors (Lipinski definition) is 2. The largest absolute Gasteiger partial charge is 0.444 e. The van der Waals surface area contributed by atoms with E-state index in [-0.39, 0.29) is 12.1 Å². The second kappa shape index (κ2) is 6.55. The highest BCUT2D eigenvalue weighted by atomic mass is 16.6. The van der Waals surface area contributed by atoms with E-state index in [4.69, 9.17) is 4.74 Å². The lowest BCUT2D eigenvalue weighted by molar-refractivity contribution is 0.0461. The van der Waals surface area contributed by atoms with E-state index in [0.29, 0.717) is 12.1 Å². The summed E-state index contributed by atoms with van der Waals surface area (Å²) in [5, 5.41) is 6.75. The van der Waals surface area contributed by atoms with Crippen LogP contribution in [0.2, 0.25) is 0 Å². The second-order valence-corrected chi connectivity index (χ2v) is 7.89. The van der Waals surface area contributed by atoms with E-state index in [0.717, 1.165) is 24.7 Å². The SMILES string of the molecule is CCC1CCC(NC2CC(NC(=O)OC(C)(C)C)C2)C1C. The van der Waals surface area contributed by atoms with Gasteiger partial charge in [0.05, 0.1) is 0 Å². The standard InChI is InChI=1S/C17H32N2O2/c1-6-12-7-8-15(11(12)2)18-13-9-14(10-13)19-16(20)21-17(3,4)5/h11-15,18H,6-10H2,1-5H3,(H,19,20). The van der Waals surface area contributed by atoms with Crippen molar-refractivity contribution in [2.24, 2.45) is 11.8 Å². The minimum absolute atomic E-state index is 0.274. The predicted octanol–water partition coefficient (Wildman–Crippen LogP) is 3.46. The van der Waals surface area contributed by atoms with Gasteiger partial charge >= 0.3 is 6.09 Å². The van der Waals surface area contributed by atoms with Gasteiger partial charge in [-0.05, 0) is 58.3 Å². The summed E-state index contributed by atoms with van der Waals surface area (Å²) in [5.41, 5.74) is -0.417. The van der Waals surface area contributed by atoms with Gasteiger partial charge in [-0.15, -0.1) is 0 Å². The molecule has 2 aliphatic rings. The molecule has 2 rings (SSSR count). The van der Waals surface area contributed by atoms with Crippen molar-refractivity contribution < 1.29 is 9.53 Å². The molecule has 2 aliphatic carbocycles. The Morgan fingerprint density at radius 1 is 1.19 bits per heavy atom. The molecule has 0 heterocycles. The molecule has 21 heavy (non-hydrogen) atoms. The first-order chi connectivity index (χ1) is 9.78. The van der Waals surface area contributed by atoms with Crippen LogP contribution in [0, 0.1) is 11.8 Å². The van der Waals surface area contributed by atoms with Crippen LogP contribution in [0.3, 0.4) is 0 Å². The number of nitrogens with one attached hydrogen (secondary N) is 2. The van der Waals surface area contributed by atoms with E-state index in [2.05, 4.69) is 24.5 Å². The number of alkyl carbamates (subject to hydrolysis) is 1. The van der Waals surface area contributed by atoms with Crippen LogP contribution in [0.15, 0.2) is 0 Å². The van der Waals surface area contributed by atoms with Crippen LogP contribution in [0.1, 0.15) is 66.7 Å². The van der Waals surface area contributed by atoms with Gasteiger partial charge in [0, 0.05) is 18.1 Å². The number of rotatable bonds is 4. The number of carbonyl (C=O) groups excluding carboxylic acids is 1. The molecule has 3 atom stereocenters. The minimum Gasteiger partial charge on any atom is -0.444 e. The molecule has 4 nitrogen and oxygen atoms in total. The lowest BCUT2D eigenvalue weighted by atomic mass is 9.85. The first-order valence-corrected chi connectivity index (χ1v) is 8.54. The maximum absolute atomic E-state index is 11.7. The fourth-order valence-electron chi connectivity index (χ4n) is 3.71. The van der Waals surface area contributed by atoms with E-state index in [1.54, 1.807) is 0 Å². The van der Waals surface area contributed by atoms with Crippen molar-refractivity contribution in [3.63, 3.8) is 0 Å². The summed E-state index contributed by atoms with van der Waals surface area (Å²) in [5.74, 6) is 1.67. The number of amides is 1. The van der Waals surface area contributed by atoms with Crippen molar-refractivity contribution in [2.45, 2.75) is 90.4 Å². The summed E-state index contributed by atoms with van der Waals surface area (Å²) in [7, 11) is 0. The Bertz CT molecular complexity index is 358. The van der Waals surface area contributed by atoms with Gasteiger partial charge in [0.25, 0.3) is 0 Å². The molecule has 2 saturated carbocycles. The zero-order valence-corrected chi connectivity index (χ0v) is 14.2. The monoisotopic (exact) mass is 296 g/mol. The van der Waals surface area contributed by atoms with E-state index >= 15 is 0 Å². The molecule has 2 N–H and O–H groups in total. The molecule has 4 heteroatoms. The highest BCUT2D eigenvalue weighted by molar-refractivity contribution is 5.68. The Hall–Kier alpha value is -0.770. The fraction of sp³-hybridized carbons (Fsp3) is 0.941. The first-order valence-electron chi connectivity index (χ1n) is 8.54. The lowest BCUT2D eigenvalue weighted by Crippen LogP contribution is -2.55. The van der Waals surface area contributed by atoms with Crippen LogP contribution in [-0.4, -0.2) is 29.8 Å². The van der Waals surface area contributed by atoms with Crippen molar-refractivity contribution in [1.29, 1.82) is 0 Å². The van der Waals surface area contributed by atoms with Gasteiger partial charge in [0.2, 0.25) is 0 Å². The number of ether oxygens (including phenoxy) is 1. The Labute approximate surface area is 129 Å². The third-order valence-corrected chi connectivity index (χ3v) is 5.06. The lowest BCUT2D eigenvalue weighted by Gasteiger charge is -2.39. The van der Waals surface area contributed by atoms with Crippen LogP contribution >= 0.6 is 0 Å². The van der Waals surface area contributed by atoms with Gasteiger partial charge in [-0.1, -0.05) is 20.3 Å². The molecule has 0 aromatic carbocycles. The average molecular weight is 296 g/mol. The predicted molar refractivity (Wildman–Crippen MR) is 85.3 cm³/mol. The topological polar surface area (TPSA) is 50.4 Å². The van der Waals surface area contributed by atoms with Gasteiger partial charge in [0.15, 0.2) is 0 Å². The smallest absolute Gasteiger partial charge is 0.407 e. The molecular formula is C17H32N2O2. The Morgan fingerprint density at radius 2 is 1.86 bits per heavy atom. The molecule has 3 unspecified atom stereocenters. The molecule has 0 radical (unpaired) electrons. The Balaban J connectivity index is 1.65. The van der Waals surface area contributed by atoms with Crippen molar-refractivity contribution in [3.05, 3.63) is 0 Å². The first kappa shape index (κ1) is 16.6. The second-order valence-electron chi connectivity index (χ2n) is 7.89. The normalized spacial score (nSPS) is 36.1. The van der Waals surface area contributed by atoms with Crippen molar-refractivity contribution in [2.75, 3.05) is 0 Å². The van der Waals surface area contributed by atoms with Gasteiger partial charge in [-0.3, -0.25) is 0 Å². The Morgan fingerprint density at radius 3 is 2.38 bits per heavy atom. The Kier molecular flexibility index (Phi) is 5.18. The number of carbonyl (C=O) groups is 1. The quantitative estimate of drug-likeness (QED) is 0.835. The zero-order chi connectivity index (χ0) is 15.6. The summed E-state index contributed by atoms with van der Waals surface area (Å²) in [6, 6.07) is 1.51. The van der Waals surface area contributed by atoms with Gasteiger partial charge in [-0.2, -0.15) is 0 Å². The van der Waals surface area contributed by atoms with Crippen LogP contribution in [0.4, 0.5) is 4.79 Å². The van der Waals surface area contributed by atoms with Crippen molar-refractivity contribution in [1.82, 2.24) is 10.6 Å². The van der Waals surface area contributed by atoms with E-state index in [1.165, 1.54) is 19.3 Å². The molecule has 0 aliphatic heterocycles. The van der Waals surface area contributed by atoms with Crippen molar-refractivity contribution >= 4 is 6.09 Å². The third-order valence-electron chi connectivity index (χ3n) is 5.06. The molecule has 1 amide bonds.